The number of benzene rings is 1. The number of carbonyl (C=O) groups excluding carboxylic acids is 1. The van der Waals surface area contributed by atoms with E-state index in [2.05, 4.69) is 9.97 Å². The van der Waals surface area contributed by atoms with Gasteiger partial charge in [0.25, 0.3) is 0 Å². The summed E-state index contributed by atoms with van der Waals surface area (Å²) >= 11 is 0. The van der Waals surface area contributed by atoms with Gasteiger partial charge in [-0.2, -0.15) is 0 Å². The molecule has 0 aliphatic rings. The van der Waals surface area contributed by atoms with E-state index >= 15 is 0 Å². The Morgan fingerprint density at radius 2 is 2.05 bits per heavy atom. The second kappa shape index (κ2) is 7.35. The summed E-state index contributed by atoms with van der Waals surface area (Å²) in [6.07, 6.45) is 4.86. The molecule has 1 aromatic heterocycles. The molecule has 0 bridgehead atoms. The summed E-state index contributed by atoms with van der Waals surface area (Å²) in [5, 5.41) is 0. The van der Waals surface area contributed by atoms with E-state index in [1.165, 1.54) is 0 Å². The van der Waals surface area contributed by atoms with Gasteiger partial charge < -0.3 is 9.64 Å². The lowest BCUT2D eigenvalue weighted by molar-refractivity contribution is -0.135. The van der Waals surface area contributed by atoms with Crippen molar-refractivity contribution in [2.45, 2.75) is 13.2 Å². The molecule has 0 aliphatic carbocycles. The summed E-state index contributed by atoms with van der Waals surface area (Å²) in [5.74, 6) is -0.0772. The minimum Gasteiger partial charge on any atom is -0.367 e. The van der Waals surface area contributed by atoms with Gasteiger partial charge in [-0.05, 0) is 5.56 Å². The maximum atomic E-state index is 11.9. The molecule has 104 valence electrons. The van der Waals surface area contributed by atoms with E-state index in [0.717, 1.165) is 11.3 Å². The van der Waals surface area contributed by atoms with E-state index in [-0.39, 0.29) is 12.5 Å². The van der Waals surface area contributed by atoms with Crippen LogP contribution < -0.4 is 0 Å². The van der Waals surface area contributed by atoms with Crippen LogP contribution in [-0.4, -0.2) is 34.4 Å². The Morgan fingerprint density at radius 3 is 2.75 bits per heavy atom. The zero-order valence-electron chi connectivity index (χ0n) is 11.4. The van der Waals surface area contributed by atoms with Crippen LogP contribution >= 0.6 is 0 Å². The second-order valence-electron chi connectivity index (χ2n) is 4.42. The molecule has 1 amide bonds. The van der Waals surface area contributed by atoms with Gasteiger partial charge in [0.15, 0.2) is 0 Å². The van der Waals surface area contributed by atoms with Gasteiger partial charge in [-0.15, -0.1) is 0 Å². The SMILES string of the molecule is CN(Cc1cnccn1)C(=O)COCc1ccccc1. The molecule has 1 heterocycles. The van der Waals surface area contributed by atoms with E-state index in [4.69, 9.17) is 4.74 Å². The first-order chi connectivity index (χ1) is 9.75. The summed E-state index contributed by atoms with van der Waals surface area (Å²) in [6, 6.07) is 9.77. The number of amides is 1. The molecule has 2 rings (SSSR count). The van der Waals surface area contributed by atoms with Crippen molar-refractivity contribution in [2.75, 3.05) is 13.7 Å². The lowest BCUT2D eigenvalue weighted by Gasteiger charge is -2.16. The highest BCUT2D eigenvalue weighted by molar-refractivity contribution is 5.77. The third-order valence-corrected chi connectivity index (χ3v) is 2.78. The lowest BCUT2D eigenvalue weighted by atomic mass is 10.2. The average molecular weight is 271 g/mol. The molecule has 5 nitrogen and oxygen atoms in total. The highest BCUT2D eigenvalue weighted by atomic mass is 16.5. The third-order valence-electron chi connectivity index (χ3n) is 2.78. The molecule has 20 heavy (non-hydrogen) atoms. The molecule has 2 aromatic rings. The van der Waals surface area contributed by atoms with Gasteiger partial charge in [0.1, 0.15) is 6.61 Å². The van der Waals surface area contributed by atoms with Crippen LogP contribution in [0.2, 0.25) is 0 Å². The molecule has 0 fully saturated rings. The third kappa shape index (κ3) is 4.44. The Balaban J connectivity index is 1.74. The van der Waals surface area contributed by atoms with Crippen molar-refractivity contribution in [3.63, 3.8) is 0 Å². The minimum atomic E-state index is -0.0772. The van der Waals surface area contributed by atoms with E-state index in [9.17, 15) is 4.79 Å². The monoisotopic (exact) mass is 271 g/mol. The van der Waals surface area contributed by atoms with Crippen LogP contribution in [0.15, 0.2) is 48.9 Å². The summed E-state index contributed by atoms with van der Waals surface area (Å²) in [7, 11) is 1.73. The van der Waals surface area contributed by atoms with E-state index in [0.29, 0.717) is 13.2 Å². The molecule has 0 unspecified atom stereocenters. The number of carbonyl (C=O) groups is 1. The Kier molecular flexibility index (Phi) is 5.20. The first-order valence-electron chi connectivity index (χ1n) is 6.36. The Morgan fingerprint density at radius 1 is 1.25 bits per heavy atom. The van der Waals surface area contributed by atoms with Gasteiger partial charge in [-0.25, -0.2) is 0 Å². The maximum Gasteiger partial charge on any atom is 0.248 e. The van der Waals surface area contributed by atoms with Crippen molar-refractivity contribution >= 4 is 5.91 Å². The normalized spacial score (nSPS) is 10.2. The number of rotatable bonds is 6. The van der Waals surface area contributed by atoms with Crippen LogP contribution in [0.1, 0.15) is 11.3 Å². The van der Waals surface area contributed by atoms with Crippen LogP contribution in [0.25, 0.3) is 0 Å². The zero-order chi connectivity index (χ0) is 14.2. The quantitative estimate of drug-likeness (QED) is 0.801. The van der Waals surface area contributed by atoms with Crippen molar-refractivity contribution < 1.29 is 9.53 Å². The highest BCUT2D eigenvalue weighted by Gasteiger charge is 2.10. The largest absolute Gasteiger partial charge is 0.367 e. The molecule has 0 spiro atoms. The van der Waals surface area contributed by atoms with Crippen LogP contribution in [0, 0.1) is 0 Å². The summed E-state index contributed by atoms with van der Waals surface area (Å²) in [4.78, 5) is 21.6. The summed E-state index contributed by atoms with van der Waals surface area (Å²) < 4.78 is 5.41. The Bertz CT molecular complexity index is 531. The molecule has 0 N–H and O–H groups in total. The molecule has 5 heteroatoms. The molecule has 0 saturated carbocycles. The number of ether oxygens (including phenoxy) is 1. The van der Waals surface area contributed by atoms with Crippen LogP contribution in [0.5, 0.6) is 0 Å². The van der Waals surface area contributed by atoms with Gasteiger partial charge in [0.2, 0.25) is 5.91 Å². The van der Waals surface area contributed by atoms with Gasteiger partial charge in [0, 0.05) is 19.4 Å². The van der Waals surface area contributed by atoms with Crippen molar-refractivity contribution in [1.82, 2.24) is 14.9 Å². The first-order valence-corrected chi connectivity index (χ1v) is 6.36. The first kappa shape index (κ1) is 14.1. The van der Waals surface area contributed by atoms with Crippen LogP contribution in [0.4, 0.5) is 0 Å². The second-order valence-corrected chi connectivity index (χ2v) is 4.42. The van der Waals surface area contributed by atoms with Crippen LogP contribution in [-0.2, 0) is 22.7 Å². The highest BCUT2D eigenvalue weighted by Crippen LogP contribution is 2.02. The molecular weight excluding hydrogens is 254 g/mol. The fraction of sp³-hybridized carbons (Fsp3) is 0.267. The lowest BCUT2D eigenvalue weighted by Crippen LogP contribution is -2.30. The van der Waals surface area contributed by atoms with Gasteiger partial charge in [-0.3, -0.25) is 14.8 Å². The number of hydrogen-bond donors (Lipinski definition) is 0. The van der Waals surface area contributed by atoms with Crippen molar-refractivity contribution in [3.8, 4) is 0 Å². The molecule has 0 radical (unpaired) electrons. The standard InChI is InChI=1S/C15H17N3O2/c1-18(10-14-9-16-7-8-17-14)15(19)12-20-11-13-5-3-2-4-6-13/h2-9H,10-12H2,1H3. The number of likely N-dealkylation sites (N-methyl/N-ethyl adjacent to an activating group) is 1. The smallest absolute Gasteiger partial charge is 0.248 e. The predicted octanol–water partition coefficient (Wildman–Crippen LogP) is 1.65. The number of hydrogen-bond acceptors (Lipinski definition) is 4. The molecule has 0 atom stereocenters. The summed E-state index contributed by atoms with van der Waals surface area (Å²) in [5.41, 5.74) is 1.81. The van der Waals surface area contributed by atoms with Gasteiger partial charge >= 0.3 is 0 Å². The number of aromatic nitrogens is 2. The average Bonchev–Trinajstić information content (AvgIpc) is 2.49. The Labute approximate surface area is 118 Å². The van der Waals surface area contributed by atoms with E-state index in [1.807, 2.05) is 30.3 Å². The molecule has 1 aromatic carbocycles. The fourth-order valence-corrected chi connectivity index (χ4v) is 1.68. The van der Waals surface area contributed by atoms with Crippen molar-refractivity contribution in [1.29, 1.82) is 0 Å². The van der Waals surface area contributed by atoms with E-state index in [1.54, 1.807) is 30.5 Å². The van der Waals surface area contributed by atoms with Crippen LogP contribution in [0.3, 0.4) is 0 Å². The Hall–Kier alpha value is -2.27. The minimum absolute atomic E-state index is 0.0612. The van der Waals surface area contributed by atoms with Gasteiger partial charge in [0.05, 0.1) is 25.0 Å². The van der Waals surface area contributed by atoms with E-state index < -0.39 is 0 Å². The topological polar surface area (TPSA) is 55.3 Å². The molecule has 0 saturated heterocycles. The van der Waals surface area contributed by atoms with Gasteiger partial charge in [-0.1, -0.05) is 30.3 Å². The fourth-order valence-electron chi connectivity index (χ4n) is 1.68. The number of nitrogens with zero attached hydrogens (tertiary/aromatic N) is 3. The summed E-state index contributed by atoms with van der Waals surface area (Å²) in [6.45, 7) is 0.929. The molecular formula is C15H17N3O2. The maximum absolute atomic E-state index is 11.9. The zero-order valence-corrected chi connectivity index (χ0v) is 11.4. The predicted molar refractivity (Wildman–Crippen MR) is 74.6 cm³/mol. The van der Waals surface area contributed by atoms with Crippen molar-refractivity contribution in [3.05, 3.63) is 60.2 Å². The molecule has 0 aliphatic heterocycles. The van der Waals surface area contributed by atoms with Crippen molar-refractivity contribution in [2.24, 2.45) is 0 Å².